The molecule has 0 bridgehead atoms. The number of terminal acetylenes is 3. The zero-order valence-corrected chi connectivity index (χ0v) is 7.15. The van der Waals surface area contributed by atoms with Gasteiger partial charge in [-0.15, -0.1) is 35.9 Å². The standard InChI is InChI=1S/C9H10Si/c1-5-9-10(6-2,7-3)8-4/h2-4H,5,9H2,1H3. The molecule has 10 heavy (non-hydrogen) atoms. The van der Waals surface area contributed by atoms with Crippen molar-refractivity contribution in [1.29, 1.82) is 0 Å². The van der Waals surface area contributed by atoms with Crippen molar-refractivity contribution in [2.45, 2.75) is 19.4 Å². The van der Waals surface area contributed by atoms with Crippen LogP contribution in [0.5, 0.6) is 0 Å². The van der Waals surface area contributed by atoms with Crippen LogP contribution in [0.4, 0.5) is 0 Å². The number of hydrogen-bond donors (Lipinski definition) is 0. The first-order chi connectivity index (χ1) is 4.74. The molecule has 1 heteroatoms. The Bertz CT molecular complexity index is 183. The Balaban J connectivity index is 4.45. The van der Waals surface area contributed by atoms with Crippen molar-refractivity contribution < 1.29 is 0 Å². The zero-order valence-electron chi connectivity index (χ0n) is 6.15. The highest BCUT2D eigenvalue weighted by Crippen LogP contribution is 2.07. The third kappa shape index (κ3) is 1.69. The third-order valence-electron chi connectivity index (χ3n) is 1.36. The first kappa shape index (κ1) is 8.90. The molecule has 50 valence electrons. The molecule has 0 unspecified atom stereocenters. The van der Waals surface area contributed by atoms with Crippen molar-refractivity contribution in [3.63, 3.8) is 0 Å². The molecule has 0 nitrogen and oxygen atoms in total. The van der Waals surface area contributed by atoms with Crippen LogP contribution in [-0.2, 0) is 0 Å². The Kier molecular flexibility index (Phi) is 3.41. The Labute approximate surface area is 64.0 Å². The van der Waals surface area contributed by atoms with Gasteiger partial charge in [0.15, 0.2) is 0 Å². The van der Waals surface area contributed by atoms with Crippen LogP contribution in [0.2, 0.25) is 6.04 Å². The molecule has 0 aromatic rings. The van der Waals surface area contributed by atoms with Gasteiger partial charge in [0.25, 0.3) is 8.07 Å². The summed E-state index contributed by atoms with van der Waals surface area (Å²) < 4.78 is 0. The van der Waals surface area contributed by atoms with Crippen LogP contribution >= 0.6 is 0 Å². The molecule has 0 rings (SSSR count). The van der Waals surface area contributed by atoms with Crippen molar-refractivity contribution in [2.75, 3.05) is 0 Å². The molecule has 0 aliphatic heterocycles. The fraction of sp³-hybridized carbons (Fsp3) is 0.333. The average Bonchev–Trinajstić information content (AvgIpc) is 2.01. The lowest BCUT2D eigenvalue weighted by Gasteiger charge is -2.08. The summed E-state index contributed by atoms with van der Waals surface area (Å²) >= 11 is 0. The maximum absolute atomic E-state index is 5.24. The molecule has 0 heterocycles. The quantitative estimate of drug-likeness (QED) is 0.407. The number of hydrogen-bond acceptors (Lipinski definition) is 0. The van der Waals surface area contributed by atoms with Gasteiger partial charge in [0.2, 0.25) is 0 Å². The van der Waals surface area contributed by atoms with E-state index in [4.69, 9.17) is 19.3 Å². The van der Waals surface area contributed by atoms with Crippen LogP contribution in [0.1, 0.15) is 13.3 Å². The van der Waals surface area contributed by atoms with E-state index < -0.39 is 8.07 Å². The van der Waals surface area contributed by atoms with E-state index in [-0.39, 0.29) is 0 Å². The zero-order chi connectivity index (χ0) is 8.04. The molecule has 0 amide bonds. The summed E-state index contributed by atoms with van der Waals surface area (Å²) in [6, 6.07) is 0.844. The smallest absolute Gasteiger partial charge is 0.125 e. The topological polar surface area (TPSA) is 0 Å². The Morgan fingerprint density at radius 3 is 1.60 bits per heavy atom. The molecule has 0 N–H and O–H groups in total. The van der Waals surface area contributed by atoms with Crippen molar-refractivity contribution in [3.8, 4) is 35.9 Å². The summed E-state index contributed by atoms with van der Waals surface area (Å²) in [5.41, 5.74) is 7.75. The van der Waals surface area contributed by atoms with Gasteiger partial charge in [-0.05, 0) is 6.04 Å². The summed E-state index contributed by atoms with van der Waals surface area (Å²) in [6.07, 6.45) is 16.7. The predicted octanol–water partition coefficient (Wildman–Crippen LogP) is 1.36. The molecule has 0 radical (unpaired) electrons. The second kappa shape index (κ2) is 3.83. The first-order valence-corrected chi connectivity index (χ1v) is 5.38. The Morgan fingerprint density at radius 1 is 1.10 bits per heavy atom. The van der Waals surface area contributed by atoms with Gasteiger partial charge in [-0.2, -0.15) is 0 Å². The van der Waals surface area contributed by atoms with Crippen LogP contribution in [0.25, 0.3) is 0 Å². The minimum Gasteiger partial charge on any atom is -0.125 e. The van der Waals surface area contributed by atoms with Crippen molar-refractivity contribution in [1.82, 2.24) is 0 Å². The van der Waals surface area contributed by atoms with Crippen LogP contribution in [0.15, 0.2) is 0 Å². The van der Waals surface area contributed by atoms with E-state index in [0.717, 1.165) is 12.5 Å². The predicted molar refractivity (Wildman–Crippen MR) is 47.4 cm³/mol. The Hall–Kier alpha value is -1.10. The lowest BCUT2D eigenvalue weighted by atomic mass is 10.6. The van der Waals surface area contributed by atoms with Crippen LogP contribution < -0.4 is 0 Å². The molecule has 0 aromatic carbocycles. The monoisotopic (exact) mass is 146 g/mol. The van der Waals surface area contributed by atoms with E-state index in [1.807, 2.05) is 6.92 Å². The molecule has 0 saturated heterocycles. The van der Waals surface area contributed by atoms with Crippen molar-refractivity contribution in [3.05, 3.63) is 0 Å². The number of rotatable bonds is 2. The van der Waals surface area contributed by atoms with E-state index >= 15 is 0 Å². The minimum absolute atomic E-state index is 0.844. The van der Waals surface area contributed by atoms with Gasteiger partial charge in [0, 0.05) is 0 Å². The molecule has 0 aliphatic carbocycles. The molecule has 0 aromatic heterocycles. The largest absolute Gasteiger partial charge is 0.289 e. The Morgan fingerprint density at radius 2 is 1.50 bits per heavy atom. The molecular weight excluding hydrogens is 136 g/mol. The first-order valence-electron chi connectivity index (χ1n) is 3.18. The van der Waals surface area contributed by atoms with Gasteiger partial charge in [0.05, 0.1) is 0 Å². The summed E-state index contributed by atoms with van der Waals surface area (Å²) in [6.45, 7) is 2.04. The van der Waals surface area contributed by atoms with Crippen LogP contribution in [0, 0.1) is 35.9 Å². The van der Waals surface area contributed by atoms with Crippen LogP contribution in [-0.4, -0.2) is 8.07 Å². The van der Waals surface area contributed by atoms with E-state index in [1.165, 1.54) is 0 Å². The molecular formula is C9H10Si. The van der Waals surface area contributed by atoms with Gasteiger partial charge in [-0.25, -0.2) is 0 Å². The van der Waals surface area contributed by atoms with E-state index in [1.54, 1.807) is 0 Å². The average molecular weight is 146 g/mol. The summed E-state index contributed by atoms with van der Waals surface area (Å²) in [5, 5.41) is 0. The summed E-state index contributed by atoms with van der Waals surface area (Å²) in [7, 11) is -2.13. The van der Waals surface area contributed by atoms with Gasteiger partial charge in [-0.3, -0.25) is 0 Å². The fourth-order valence-corrected chi connectivity index (χ4v) is 2.15. The lowest BCUT2D eigenvalue weighted by molar-refractivity contribution is 1.07. The van der Waals surface area contributed by atoms with E-state index in [9.17, 15) is 0 Å². The highest BCUT2D eigenvalue weighted by atomic mass is 28.3. The maximum atomic E-state index is 5.24. The van der Waals surface area contributed by atoms with Gasteiger partial charge < -0.3 is 0 Å². The van der Waals surface area contributed by atoms with Gasteiger partial charge >= 0.3 is 0 Å². The molecule has 0 fully saturated rings. The fourth-order valence-electron chi connectivity index (χ4n) is 0.717. The normalized spacial score (nSPS) is 9.00. The third-order valence-corrected chi connectivity index (χ3v) is 4.09. The SMILES string of the molecule is C#C[Si](C#C)(C#C)CCC. The maximum Gasteiger partial charge on any atom is 0.289 e. The molecule has 0 saturated carbocycles. The van der Waals surface area contributed by atoms with Crippen molar-refractivity contribution in [2.24, 2.45) is 0 Å². The van der Waals surface area contributed by atoms with Crippen molar-refractivity contribution >= 4 is 8.07 Å². The minimum atomic E-state index is -2.13. The molecule has 0 aliphatic rings. The summed E-state index contributed by atoms with van der Waals surface area (Å²) in [5.74, 6) is 0. The second-order valence-electron chi connectivity index (χ2n) is 2.09. The van der Waals surface area contributed by atoms with E-state index in [2.05, 4.69) is 16.6 Å². The van der Waals surface area contributed by atoms with Crippen LogP contribution in [0.3, 0.4) is 0 Å². The van der Waals surface area contributed by atoms with Gasteiger partial charge in [-0.1, -0.05) is 13.3 Å². The summed E-state index contributed by atoms with van der Waals surface area (Å²) in [4.78, 5) is 0. The molecule has 0 atom stereocenters. The second-order valence-corrected chi connectivity index (χ2v) is 5.27. The van der Waals surface area contributed by atoms with E-state index in [0.29, 0.717) is 0 Å². The highest BCUT2D eigenvalue weighted by molar-refractivity contribution is 7.00. The molecule has 0 spiro atoms. The highest BCUT2D eigenvalue weighted by Gasteiger charge is 2.24. The lowest BCUT2D eigenvalue weighted by Crippen LogP contribution is -2.28. The van der Waals surface area contributed by atoms with Gasteiger partial charge in [0.1, 0.15) is 0 Å².